The zero-order valence-electron chi connectivity index (χ0n) is 10.2. The second-order valence-corrected chi connectivity index (χ2v) is 4.75. The van der Waals surface area contributed by atoms with Crippen molar-refractivity contribution in [2.75, 3.05) is 32.8 Å². The number of nitrogens with zero attached hydrogens (tertiary/aromatic N) is 1. The number of H-pyrrole nitrogens is 1. The minimum atomic E-state index is -0.00428. The van der Waals surface area contributed by atoms with Crippen LogP contribution < -0.4 is 10.6 Å². The highest BCUT2D eigenvalue weighted by atomic mass is 16.5. The second kappa shape index (κ2) is 4.99. The predicted octanol–water partition coefficient (Wildman–Crippen LogP) is 0.0694. The number of amides is 2. The maximum atomic E-state index is 11.9. The summed E-state index contributed by atoms with van der Waals surface area (Å²) in [6, 6.07) is 2.07. The van der Waals surface area contributed by atoms with E-state index >= 15 is 0 Å². The minimum Gasteiger partial charge on any atom is -0.374 e. The Morgan fingerprint density at radius 3 is 3.17 bits per heavy atom. The Labute approximate surface area is 106 Å². The molecular weight excluding hydrogens is 232 g/mol. The van der Waals surface area contributed by atoms with Gasteiger partial charge in [0, 0.05) is 38.6 Å². The monoisotopic (exact) mass is 250 g/mol. The molecule has 6 nitrogen and oxygen atoms in total. The molecular formula is C12H18N4O2. The molecule has 2 amide bonds. The summed E-state index contributed by atoms with van der Waals surface area (Å²) < 4.78 is 5.62. The number of hydrogen-bond acceptors (Lipinski definition) is 3. The van der Waals surface area contributed by atoms with Gasteiger partial charge >= 0.3 is 6.03 Å². The fraction of sp³-hybridized carbons (Fsp3) is 0.583. The zero-order valence-corrected chi connectivity index (χ0v) is 10.2. The number of aromatic amines is 1. The van der Waals surface area contributed by atoms with Gasteiger partial charge in [0.05, 0.1) is 18.8 Å². The first-order valence-electron chi connectivity index (χ1n) is 6.33. The van der Waals surface area contributed by atoms with Crippen molar-refractivity contribution in [1.82, 2.24) is 20.5 Å². The molecule has 2 atom stereocenters. The lowest BCUT2D eigenvalue weighted by Crippen LogP contribution is -2.46. The van der Waals surface area contributed by atoms with Gasteiger partial charge in [-0.15, -0.1) is 0 Å². The summed E-state index contributed by atoms with van der Waals surface area (Å²) in [4.78, 5) is 16.7. The molecule has 18 heavy (non-hydrogen) atoms. The normalized spacial score (nSPS) is 28.4. The largest absolute Gasteiger partial charge is 0.374 e. The Kier molecular flexibility index (Phi) is 3.21. The van der Waals surface area contributed by atoms with Gasteiger partial charge in [0.15, 0.2) is 0 Å². The lowest BCUT2D eigenvalue weighted by Gasteiger charge is -2.27. The molecule has 98 valence electrons. The molecule has 3 rings (SSSR count). The number of carbonyl (C=O) groups is 1. The fourth-order valence-corrected chi connectivity index (χ4v) is 2.47. The molecule has 0 spiro atoms. The summed E-state index contributed by atoms with van der Waals surface area (Å²) in [5.74, 6) is 0. The number of carbonyl (C=O) groups excluding carboxylic acids is 1. The van der Waals surface area contributed by atoms with Crippen LogP contribution in [0.3, 0.4) is 0 Å². The second-order valence-electron chi connectivity index (χ2n) is 4.75. The predicted molar refractivity (Wildman–Crippen MR) is 66.2 cm³/mol. The standard InChI is InChI=1S/C12H18N4O2/c17-12-15-11(9-1-2-13-5-9)8-16(12)7-10-6-14-3-4-18-10/h1-2,5,10-11,13-14H,3-4,6-8H2,(H,15,17). The van der Waals surface area contributed by atoms with E-state index < -0.39 is 0 Å². The van der Waals surface area contributed by atoms with Crippen molar-refractivity contribution < 1.29 is 9.53 Å². The topological polar surface area (TPSA) is 69.4 Å². The molecule has 1 aromatic rings. The number of aromatic nitrogens is 1. The van der Waals surface area contributed by atoms with Crippen LogP contribution >= 0.6 is 0 Å². The SMILES string of the molecule is O=C1NC(c2cc[nH]c2)CN1CC1CNCCO1. The number of morpholine rings is 1. The number of rotatable bonds is 3. The molecule has 2 aliphatic heterocycles. The summed E-state index contributed by atoms with van der Waals surface area (Å²) in [6.07, 6.45) is 3.90. The van der Waals surface area contributed by atoms with Gasteiger partial charge in [-0.25, -0.2) is 4.79 Å². The first kappa shape index (κ1) is 11.6. The molecule has 0 aliphatic carbocycles. The summed E-state index contributed by atoms with van der Waals surface area (Å²) in [5, 5.41) is 6.26. The van der Waals surface area contributed by atoms with Gasteiger partial charge in [-0.05, 0) is 11.6 Å². The van der Waals surface area contributed by atoms with Crippen LogP contribution in [0.1, 0.15) is 11.6 Å². The zero-order chi connectivity index (χ0) is 12.4. The Morgan fingerprint density at radius 1 is 1.50 bits per heavy atom. The van der Waals surface area contributed by atoms with Gasteiger partial charge in [0.2, 0.25) is 0 Å². The molecule has 0 saturated carbocycles. The average Bonchev–Trinajstić information content (AvgIpc) is 3.01. The van der Waals surface area contributed by atoms with Crippen LogP contribution in [-0.4, -0.2) is 54.8 Å². The van der Waals surface area contributed by atoms with E-state index in [0.717, 1.165) is 25.3 Å². The Bertz CT molecular complexity index is 400. The van der Waals surface area contributed by atoms with Gasteiger partial charge in [0.1, 0.15) is 0 Å². The van der Waals surface area contributed by atoms with Crippen LogP contribution in [0.4, 0.5) is 4.79 Å². The number of urea groups is 1. The lowest BCUT2D eigenvalue weighted by atomic mass is 10.1. The summed E-state index contributed by atoms with van der Waals surface area (Å²) in [6.45, 7) is 3.80. The number of hydrogen-bond donors (Lipinski definition) is 3. The lowest BCUT2D eigenvalue weighted by molar-refractivity contribution is 0.0145. The van der Waals surface area contributed by atoms with Crippen molar-refractivity contribution >= 4 is 6.03 Å². The quantitative estimate of drug-likeness (QED) is 0.711. The Hall–Kier alpha value is -1.53. The van der Waals surface area contributed by atoms with Crippen molar-refractivity contribution in [3.05, 3.63) is 24.0 Å². The summed E-state index contributed by atoms with van der Waals surface area (Å²) >= 11 is 0. The molecule has 2 unspecified atom stereocenters. The van der Waals surface area contributed by atoms with Gasteiger partial charge in [0.25, 0.3) is 0 Å². The highest BCUT2D eigenvalue weighted by molar-refractivity contribution is 5.77. The molecule has 0 bridgehead atoms. The molecule has 2 aliphatic rings. The van der Waals surface area contributed by atoms with Crippen LogP contribution in [0.5, 0.6) is 0 Å². The van der Waals surface area contributed by atoms with E-state index in [2.05, 4.69) is 15.6 Å². The van der Waals surface area contributed by atoms with E-state index in [9.17, 15) is 4.79 Å². The van der Waals surface area contributed by atoms with Crippen molar-refractivity contribution in [3.8, 4) is 0 Å². The molecule has 3 N–H and O–H groups in total. The third-order valence-electron chi connectivity index (χ3n) is 3.44. The van der Waals surface area contributed by atoms with E-state index in [0.29, 0.717) is 13.1 Å². The number of ether oxygens (including phenoxy) is 1. The molecule has 2 fully saturated rings. The molecule has 0 aromatic carbocycles. The molecule has 1 aromatic heterocycles. The molecule has 2 saturated heterocycles. The van der Waals surface area contributed by atoms with Crippen LogP contribution in [0.2, 0.25) is 0 Å². The van der Waals surface area contributed by atoms with Crippen molar-refractivity contribution in [2.45, 2.75) is 12.1 Å². The van der Waals surface area contributed by atoms with E-state index in [-0.39, 0.29) is 18.2 Å². The van der Waals surface area contributed by atoms with Gasteiger partial charge in [-0.3, -0.25) is 0 Å². The van der Waals surface area contributed by atoms with Gasteiger partial charge < -0.3 is 25.3 Å². The highest BCUT2D eigenvalue weighted by Crippen LogP contribution is 2.20. The smallest absolute Gasteiger partial charge is 0.318 e. The van der Waals surface area contributed by atoms with Crippen LogP contribution in [0.15, 0.2) is 18.5 Å². The van der Waals surface area contributed by atoms with Crippen LogP contribution in [0, 0.1) is 0 Å². The molecule has 3 heterocycles. The third-order valence-corrected chi connectivity index (χ3v) is 3.44. The Balaban J connectivity index is 1.58. The maximum Gasteiger partial charge on any atom is 0.318 e. The van der Waals surface area contributed by atoms with Crippen molar-refractivity contribution in [3.63, 3.8) is 0 Å². The van der Waals surface area contributed by atoms with Crippen LogP contribution in [-0.2, 0) is 4.74 Å². The van der Waals surface area contributed by atoms with E-state index in [1.165, 1.54) is 0 Å². The first-order valence-corrected chi connectivity index (χ1v) is 6.33. The summed E-state index contributed by atoms with van der Waals surface area (Å²) in [7, 11) is 0. The van der Waals surface area contributed by atoms with E-state index in [1.54, 1.807) is 0 Å². The number of nitrogens with one attached hydrogen (secondary N) is 3. The summed E-state index contributed by atoms with van der Waals surface area (Å²) in [5.41, 5.74) is 1.12. The highest BCUT2D eigenvalue weighted by Gasteiger charge is 2.31. The van der Waals surface area contributed by atoms with E-state index in [1.807, 2.05) is 23.4 Å². The fourth-order valence-electron chi connectivity index (χ4n) is 2.47. The minimum absolute atomic E-state index is 0.00428. The molecule has 0 radical (unpaired) electrons. The van der Waals surface area contributed by atoms with Gasteiger partial charge in [-0.1, -0.05) is 0 Å². The van der Waals surface area contributed by atoms with Crippen molar-refractivity contribution in [2.24, 2.45) is 0 Å². The third kappa shape index (κ3) is 2.34. The Morgan fingerprint density at radius 2 is 2.44 bits per heavy atom. The molecule has 6 heteroatoms. The average molecular weight is 250 g/mol. The van der Waals surface area contributed by atoms with E-state index in [4.69, 9.17) is 4.74 Å². The van der Waals surface area contributed by atoms with Gasteiger partial charge in [-0.2, -0.15) is 0 Å². The maximum absolute atomic E-state index is 11.9. The first-order chi connectivity index (χ1) is 8.83. The van der Waals surface area contributed by atoms with Crippen LogP contribution in [0.25, 0.3) is 0 Å². The van der Waals surface area contributed by atoms with Crippen molar-refractivity contribution in [1.29, 1.82) is 0 Å².